The molecule has 1 unspecified atom stereocenters. The van der Waals surface area contributed by atoms with Gasteiger partial charge in [0.15, 0.2) is 5.37 Å². The minimum atomic E-state index is -4.25. The Morgan fingerprint density at radius 2 is 1.07 bits per heavy atom. The van der Waals surface area contributed by atoms with Crippen LogP contribution in [0, 0.1) is 5.41 Å². The molecule has 0 aromatic heterocycles. The number of unbranched alkanes of at least 4 members (excludes halogenated alkanes) is 13. The van der Waals surface area contributed by atoms with Gasteiger partial charge in [0.05, 0.1) is 6.54 Å². The summed E-state index contributed by atoms with van der Waals surface area (Å²) in [6.45, 7) is 8.43. The number of nitrogens with two attached hydrogens (primary N) is 1. The molecule has 4 nitrogen and oxygen atoms in total. The van der Waals surface area contributed by atoms with Crippen LogP contribution in [0.2, 0.25) is 0 Å². The van der Waals surface area contributed by atoms with Crippen LogP contribution in [0.5, 0.6) is 0 Å². The Kier molecular flexibility index (Phi) is 19.7. The molecule has 0 spiro atoms. The molecule has 0 aliphatic carbocycles. The van der Waals surface area contributed by atoms with Gasteiger partial charge in [0, 0.05) is 35.0 Å². The topological polar surface area (TPSA) is 73.8 Å². The van der Waals surface area contributed by atoms with Crippen molar-refractivity contribution >= 4 is 39.7 Å². The molecular formula is C21H45NNaO3S. The molecule has 0 heterocycles. The van der Waals surface area contributed by atoms with Gasteiger partial charge in [0.2, 0.25) is 0 Å². The van der Waals surface area contributed by atoms with Crippen LogP contribution < -0.4 is 5.32 Å². The minimum absolute atomic E-state index is 0. The molecule has 0 aliphatic rings. The summed E-state index contributed by atoms with van der Waals surface area (Å²) in [5.41, 5.74) is -0.517. The van der Waals surface area contributed by atoms with Gasteiger partial charge in [0.1, 0.15) is 10.1 Å². The number of hydrogen-bond donors (Lipinski definition) is 1. The molecule has 159 valence electrons. The van der Waals surface area contributed by atoms with Crippen molar-refractivity contribution < 1.29 is 18.3 Å². The molecule has 0 bridgehead atoms. The average molecular weight is 415 g/mol. The molecule has 0 aliphatic heterocycles. The van der Waals surface area contributed by atoms with E-state index in [0.29, 0.717) is 0 Å². The Labute approximate surface area is 192 Å². The average Bonchev–Trinajstić information content (AvgIpc) is 2.52. The van der Waals surface area contributed by atoms with Crippen molar-refractivity contribution in [3.05, 3.63) is 0 Å². The van der Waals surface area contributed by atoms with Crippen LogP contribution in [0.4, 0.5) is 0 Å². The van der Waals surface area contributed by atoms with E-state index in [9.17, 15) is 13.0 Å². The van der Waals surface area contributed by atoms with E-state index in [1.165, 1.54) is 77.0 Å². The summed E-state index contributed by atoms with van der Waals surface area (Å²) in [6, 6.07) is 0. The van der Waals surface area contributed by atoms with E-state index < -0.39 is 20.9 Å². The molecule has 0 rings (SSSR count). The van der Waals surface area contributed by atoms with Gasteiger partial charge in [-0.25, -0.2) is 8.42 Å². The summed E-state index contributed by atoms with van der Waals surface area (Å²) in [6.07, 6.45) is 18.4. The van der Waals surface area contributed by atoms with Crippen LogP contribution in [0.15, 0.2) is 0 Å². The summed E-state index contributed by atoms with van der Waals surface area (Å²) in [5.74, 6) is 0. The number of hydrogen-bond acceptors (Lipinski definition) is 3. The fourth-order valence-corrected chi connectivity index (χ4v) is 4.75. The number of rotatable bonds is 17. The largest absolute Gasteiger partial charge is 0.743 e. The molecule has 0 aromatic carbocycles. The second-order valence-electron chi connectivity index (χ2n) is 8.90. The monoisotopic (exact) mass is 414 g/mol. The molecule has 0 saturated heterocycles. The van der Waals surface area contributed by atoms with E-state index in [2.05, 4.69) is 6.92 Å². The van der Waals surface area contributed by atoms with Gasteiger partial charge in [-0.15, -0.1) is 0 Å². The number of quaternary nitrogens is 1. The molecule has 0 saturated carbocycles. The van der Waals surface area contributed by atoms with Gasteiger partial charge in [-0.1, -0.05) is 105 Å². The van der Waals surface area contributed by atoms with Crippen LogP contribution in [-0.2, 0) is 10.1 Å². The second-order valence-corrected chi connectivity index (χ2v) is 10.4. The van der Waals surface area contributed by atoms with E-state index in [1.54, 1.807) is 5.32 Å². The summed E-state index contributed by atoms with van der Waals surface area (Å²) in [4.78, 5) is 0. The molecule has 0 fully saturated rings. The Balaban J connectivity index is 0. The summed E-state index contributed by atoms with van der Waals surface area (Å²) < 4.78 is 34.1. The first kappa shape index (κ1) is 30.1. The van der Waals surface area contributed by atoms with E-state index in [4.69, 9.17) is 0 Å². The van der Waals surface area contributed by atoms with Crippen molar-refractivity contribution in [1.29, 1.82) is 0 Å². The Morgan fingerprint density at radius 3 is 1.37 bits per heavy atom. The van der Waals surface area contributed by atoms with E-state index >= 15 is 0 Å². The van der Waals surface area contributed by atoms with Crippen LogP contribution >= 0.6 is 0 Å². The Hall–Kier alpha value is 0.870. The van der Waals surface area contributed by atoms with E-state index in [1.807, 2.05) is 20.8 Å². The van der Waals surface area contributed by atoms with Crippen molar-refractivity contribution in [3.8, 4) is 0 Å². The van der Waals surface area contributed by atoms with Gasteiger partial charge in [-0.2, -0.15) is 0 Å². The van der Waals surface area contributed by atoms with Gasteiger partial charge in [0.25, 0.3) is 0 Å². The summed E-state index contributed by atoms with van der Waals surface area (Å²) in [5, 5.41) is 0.847. The van der Waals surface area contributed by atoms with E-state index in [-0.39, 0.29) is 29.6 Å². The van der Waals surface area contributed by atoms with Crippen molar-refractivity contribution in [3.63, 3.8) is 0 Å². The third kappa shape index (κ3) is 18.6. The zero-order valence-electron chi connectivity index (χ0n) is 18.9. The van der Waals surface area contributed by atoms with Gasteiger partial charge >= 0.3 is 0 Å². The standard InChI is InChI=1S/C21H45NO3S.Na/c1-5-6-7-8-9-10-11-12-13-14-15-16-17-18-19-22-20(21(2,3)4)26(23,24)25;/h20,22H,5-19H2,1-4H3,(H,23,24,25);. The zero-order chi connectivity index (χ0) is 19.9. The fraction of sp³-hybridized carbons (Fsp3) is 1.00. The maximum absolute atomic E-state index is 11.4. The first-order valence-electron chi connectivity index (χ1n) is 11.0. The van der Waals surface area contributed by atoms with Gasteiger partial charge in [-0.3, -0.25) is 0 Å². The van der Waals surface area contributed by atoms with Gasteiger partial charge < -0.3 is 9.87 Å². The minimum Gasteiger partial charge on any atom is -0.743 e. The zero-order valence-corrected chi connectivity index (χ0v) is 21.7. The molecule has 1 radical (unpaired) electrons. The van der Waals surface area contributed by atoms with Crippen LogP contribution in [0.25, 0.3) is 0 Å². The predicted molar refractivity (Wildman–Crippen MR) is 116 cm³/mol. The van der Waals surface area contributed by atoms with Crippen molar-refractivity contribution in [2.24, 2.45) is 5.41 Å². The maximum Gasteiger partial charge on any atom is 0.180 e. The maximum atomic E-state index is 11.4. The molecule has 1 atom stereocenters. The fourth-order valence-electron chi connectivity index (χ4n) is 3.51. The quantitative estimate of drug-likeness (QED) is 0.215. The Morgan fingerprint density at radius 1 is 0.741 bits per heavy atom. The molecule has 2 N–H and O–H groups in total. The van der Waals surface area contributed by atoms with E-state index in [0.717, 1.165) is 19.4 Å². The molecule has 0 aromatic rings. The van der Waals surface area contributed by atoms with Crippen molar-refractivity contribution in [2.45, 2.75) is 123 Å². The smallest absolute Gasteiger partial charge is 0.180 e. The second kappa shape index (κ2) is 17.7. The third-order valence-electron chi connectivity index (χ3n) is 5.10. The molecular weight excluding hydrogens is 369 g/mol. The molecule has 0 amide bonds. The van der Waals surface area contributed by atoms with Crippen LogP contribution in [-0.4, -0.2) is 54.4 Å². The first-order valence-corrected chi connectivity index (χ1v) is 12.4. The van der Waals surface area contributed by atoms with Crippen LogP contribution in [0.1, 0.15) is 118 Å². The predicted octanol–water partition coefficient (Wildman–Crippen LogP) is 4.57. The third-order valence-corrected chi connectivity index (χ3v) is 6.62. The first-order chi connectivity index (χ1) is 12.2. The Bertz CT molecular complexity index is 422. The summed E-state index contributed by atoms with van der Waals surface area (Å²) >= 11 is 0. The SMILES string of the molecule is CCCCCCCCCCCCCCCC[NH2+]C(C(C)(C)C)S(=O)(=O)[O-].[Na]. The normalized spacial score (nSPS) is 13.4. The van der Waals surface area contributed by atoms with Crippen molar-refractivity contribution in [2.75, 3.05) is 6.54 Å². The summed E-state index contributed by atoms with van der Waals surface area (Å²) in [7, 11) is -4.25. The van der Waals surface area contributed by atoms with Gasteiger partial charge in [-0.05, 0) is 12.8 Å². The van der Waals surface area contributed by atoms with Crippen LogP contribution in [0.3, 0.4) is 0 Å². The van der Waals surface area contributed by atoms with Crippen molar-refractivity contribution in [1.82, 2.24) is 0 Å². The molecule has 6 heteroatoms. The molecule has 27 heavy (non-hydrogen) atoms.